The molecular weight excluding hydrogens is 1390 g/mol. The number of carbonyl (C=O) groups is 8. The number of ketones is 8. The predicted octanol–water partition coefficient (Wildman–Crippen LogP) is 17.9. The van der Waals surface area contributed by atoms with Gasteiger partial charge in [-0.2, -0.15) is 0 Å². The second-order valence-corrected chi connectivity index (χ2v) is 32.2. The van der Waals surface area contributed by atoms with Crippen molar-refractivity contribution in [2.75, 3.05) is 0 Å². The first-order chi connectivity index (χ1) is 54.9. The fourth-order valence-electron chi connectivity index (χ4n) is 21.4. The number of rotatable bonds is 8. The lowest BCUT2D eigenvalue weighted by molar-refractivity contribution is -0.123. The lowest BCUT2D eigenvalue weighted by Crippen LogP contribution is -2.14. The van der Waals surface area contributed by atoms with Gasteiger partial charge in [-0.3, -0.25) is 38.4 Å². The minimum Gasteiger partial charge on any atom is -0.361 e. The van der Waals surface area contributed by atoms with Crippen molar-refractivity contribution in [3.8, 4) is 0 Å². The van der Waals surface area contributed by atoms with Gasteiger partial charge in [0.05, 0.1) is 95.1 Å². The molecule has 4 fully saturated rings. The van der Waals surface area contributed by atoms with Crippen molar-refractivity contribution in [1.29, 1.82) is 0 Å². The molecule has 552 valence electrons. The van der Waals surface area contributed by atoms with Crippen LogP contribution in [-0.2, 0) is 90.2 Å². The highest BCUT2D eigenvalue weighted by Crippen LogP contribution is 2.52. The molecule has 0 spiro atoms. The van der Waals surface area contributed by atoms with Crippen LogP contribution >= 0.6 is 0 Å². The molecular formula is C96H80N8O8. The van der Waals surface area contributed by atoms with E-state index < -0.39 is 47.3 Å². The van der Waals surface area contributed by atoms with Crippen molar-refractivity contribution in [2.45, 2.75) is 151 Å². The van der Waals surface area contributed by atoms with E-state index in [0.29, 0.717) is 0 Å². The smallest absolute Gasteiger partial charge is 0.148 e. The first-order valence-corrected chi connectivity index (χ1v) is 39.8. The van der Waals surface area contributed by atoms with Crippen molar-refractivity contribution in [2.24, 2.45) is 0 Å². The molecule has 8 atom stereocenters. The monoisotopic (exact) mass is 1470 g/mol. The summed E-state index contributed by atoms with van der Waals surface area (Å²) in [5, 5.41) is 8.68. The molecule has 0 amide bonds. The van der Waals surface area contributed by atoms with Gasteiger partial charge in [-0.15, -0.1) is 0 Å². The topological polar surface area (TPSA) is 219 Å². The summed E-state index contributed by atoms with van der Waals surface area (Å²) >= 11 is 0. The quantitative estimate of drug-likeness (QED) is 0.107. The molecule has 16 nitrogen and oxygen atoms in total. The number of nitrogens with one attached hydrogen (secondary N) is 4. The maximum absolute atomic E-state index is 13.0. The zero-order chi connectivity index (χ0) is 75.3. The van der Waals surface area contributed by atoms with E-state index in [1.54, 1.807) is 0 Å². The molecule has 24 rings (SSSR count). The number of carbonyl (C=O) groups excluding carboxylic acids is 8. The SMILES string of the molecule is O=C1CC(=O)[C@@H](c2cn3c4c(cccc24)CCC3)[C@@H]1c1c[nH]c2ccccc12.O=C1CC(=O)[C@@H](c2cn3c4c(cccc24)CCC3)[C@@H]1c1c[nH]c2ccccc12.O=C1CC(=O)[C@@H](c2cn3c4c(cccc24)CCC3)[C@@H]1c1c[nH]c2ccccc12.O=C1CC(=O)[C@H](c2cn3c4c(cccc24)CCC3)[C@H]1c1c[nH]c2ccccc12. The summed E-state index contributed by atoms with van der Waals surface area (Å²) in [7, 11) is 0. The molecule has 8 aliphatic rings. The molecule has 0 bridgehead atoms. The number of aromatic amines is 4. The Morgan fingerprint density at radius 3 is 0.643 bits per heavy atom. The summed E-state index contributed by atoms with van der Waals surface area (Å²) in [4.78, 5) is 117. The van der Waals surface area contributed by atoms with Crippen LogP contribution in [-0.4, -0.2) is 84.5 Å². The Hall–Kier alpha value is -12.6. The molecule has 4 aliphatic heterocycles. The van der Waals surface area contributed by atoms with Gasteiger partial charge in [0.25, 0.3) is 0 Å². The molecule has 0 saturated heterocycles. The van der Waals surface area contributed by atoms with Crippen LogP contribution in [0.1, 0.15) is 165 Å². The zero-order valence-corrected chi connectivity index (χ0v) is 61.8. The van der Waals surface area contributed by atoms with E-state index >= 15 is 0 Å². The summed E-state index contributed by atoms with van der Waals surface area (Å²) in [5.41, 5.74) is 22.2. The van der Waals surface area contributed by atoms with Crippen LogP contribution in [0, 0.1) is 0 Å². The van der Waals surface area contributed by atoms with Crippen LogP contribution in [0.3, 0.4) is 0 Å². The third-order valence-corrected chi connectivity index (χ3v) is 26.1. The first-order valence-electron chi connectivity index (χ1n) is 39.8. The van der Waals surface area contributed by atoms with E-state index in [0.717, 1.165) is 187 Å². The molecule has 4 N–H and O–H groups in total. The molecule has 4 saturated carbocycles. The van der Waals surface area contributed by atoms with Crippen molar-refractivity contribution in [3.05, 3.63) is 286 Å². The van der Waals surface area contributed by atoms with E-state index in [1.807, 2.05) is 122 Å². The maximum atomic E-state index is 13.0. The molecule has 0 radical (unpaired) electrons. The Balaban J connectivity index is 0.0000000943. The van der Waals surface area contributed by atoms with Crippen molar-refractivity contribution < 1.29 is 38.4 Å². The fraction of sp³-hybridized carbons (Fsp3) is 0.250. The number of hydrogen-bond acceptors (Lipinski definition) is 8. The molecule has 16 aromatic rings. The number of para-hydroxylation sites is 8. The highest BCUT2D eigenvalue weighted by atomic mass is 16.2. The Kier molecular flexibility index (Phi) is 16.0. The third-order valence-electron chi connectivity index (χ3n) is 26.1. The average molecular weight is 1470 g/mol. The average Bonchev–Trinajstić information content (AvgIpc) is 1.59. The normalized spacial score (nSPS) is 21.9. The third kappa shape index (κ3) is 10.7. The number of aryl methyl sites for hydroxylation is 8. The second-order valence-electron chi connectivity index (χ2n) is 32.2. The highest BCUT2D eigenvalue weighted by molar-refractivity contribution is 6.19. The van der Waals surface area contributed by atoms with Gasteiger partial charge in [-0.25, -0.2) is 0 Å². The first kappa shape index (κ1) is 67.5. The van der Waals surface area contributed by atoms with Gasteiger partial charge in [0.1, 0.15) is 46.3 Å². The van der Waals surface area contributed by atoms with Gasteiger partial charge < -0.3 is 38.2 Å². The molecule has 0 unspecified atom stereocenters. The number of fused-ring (bicyclic) bond motifs is 4. The van der Waals surface area contributed by atoms with Crippen LogP contribution in [0.4, 0.5) is 0 Å². The van der Waals surface area contributed by atoms with Crippen molar-refractivity contribution >= 4 is 133 Å². The van der Waals surface area contributed by atoms with Crippen molar-refractivity contribution in [3.63, 3.8) is 0 Å². The predicted molar refractivity (Wildman–Crippen MR) is 435 cm³/mol. The molecule has 8 aromatic heterocycles. The number of H-pyrrole nitrogens is 4. The Labute approximate surface area is 643 Å². The van der Waals surface area contributed by atoms with Crippen LogP contribution < -0.4 is 0 Å². The number of hydrogen-bond donors (Lipinski definition) is 4. The molecule has 12 heterocycles. The Morgan fingerprint density at radius 2 is 0.420 bits per heavy atom. The standard InChI is InChI=1S/4C24H20N2O2/c4*27-20-11-21(28)23(22(20)17-12-25-19-9-2-1-7-15(17)19)18-13-26-10-4-6-14-5-3-8-16(18)24(14)26/h4*1-3,5,7-9,12-13,22-23,25H,4,6,10-11H2/t4*22-,23-/m1110/s1. The van der Waals surface area contributed by atoms with E-state index in [4.69, 9.17) is 0 Å². The molecule has 4 aliphatic carbocycles. The van der Waals surface area contributed by atoms with Gasteiger partial charge >= 0.3 is 0 Å². The molecule has 112 heavy (non-hydrogen) atoms. The highest BCUT2D eigenvalue weighted by Gasteiger charge is 2.50. The Morgan fingerprint density at radius 1 is 0.223 bits per heavy atom. The summed E-state index contributed by atoms with van der Waals surface area (Å²) in [6, 6.07) is 57.5. The lowest BCUT2D eigenvalue weighted by atomic mass is 9.83. The van der Waals surface area contributed by atoms with Gasteiger partial charge in [0.2, 0.25) is 0 Å². The minimum absolute atomic E-state index is 0.0290. The van der Waals surface area contributed by atoms with Crippen molar-refractivity contribution in [1.82, 2.24) is 38.2 Å². The summed E-state index contributed by atoms with van der Waals surface area (Å²) in [6.07, 6.45) is 25.1. The van der Waals surface area contributed by atoms with Gasteiger partial charge in [0, 0.05) is 141 Å². The van der Waals surface area contributed by atoms with Gasteiger partial charge in [-0.1, -0.05) is 146 Å². The van der Waals surface area contributed by atoms with E-state index in [9.17, 15) is 38.4 Å². The zero-order valence-electron chi connectivity index (χ0n) is 61.8. The van der Waals surface area contributed by atoms with E-state index in [1.165, 1.54) is 44.3 Å². The van der Waals surface area contributed by atoms with Gasteiger partial charge in [0.15, 0.2) is 0 Å². The number of benzene rings is 8. The Bertz CT molecular complexity index is 5910. The van der Waals surface area contributed by atoms with Gasteiger partial charge in [-0.05, 0) is 142 Å². The van der Waals surface area contributed by atoms with Crippen LogP contribution in [0.5, 0.6) is 0 Å². The number of aromatic nitrogens is 8. The number of nitrogens with zero attached hydrogens (tertiary/aromatic N) is 4. The summed E-state index contributed by atoms with van der Waals surface area (Å²) in [6.45, 7) is 3.89. The van der Waals surface area contributed by atoms with Crippen LogP contribution in [0.2, 0.25) is 0 Å². The summed E-state index contributed by atoms with van der Waals surface area (Å²) < 4.78 is 9.13. The molecule has 8 aromatic carbocycles. The maximum Gasteiger partial charge on any atom is 0.148 e. The largest absolute Gasteiger partial charge is 0.361 e. The minimum atomic E-state index is -0.410. The molecule has 16 heteroatoms. The fourth-order valence-corrected chi connectivity index (χ4v) is 21.4. The summed E-state index contributed by atoms with van der Waals surface area (Å²) in [5.74, 6) is -2.92. The van der Waals surface area contributed by atoms with E-state index in [2.05, 4.69) is 136 Å². The van der Waals surface area contributed by atoms with E-state index in [-0.39, 0.29) is 71.9 Å². The van der Waals surface area contributed by atoms with Crippen LogP contribution in [0.15, 0.2) is 219 Å². The number of Topliss-reactive ketones (excluding diaryl/α,β-unsaturated/α-hetero) is 8. The lowest BCUT2D eigenvalue weighted by Gasteiger charge is -2.17. The second kappa shape index (κ2) is 26.6. The van der Waals surface area contributed by atoms with Crippen LogP contribution in [0.25, 0.3) is 87.2 Å².